The standard InChI is InChI=1S/C19H25N3O2/c1-18(24,16-12-21-22(2)13-16)14-20-17(23)19(9-6-10-19)11-15-7-4-3-5-8-15/h3-5,7-8,12-13,24H,6,9-11,14H2,1-2H3,(H,20,23). The monoisotopic (exact) mass is 327 g/mol. The van der Waals surface area contributed by atoms with Gasteiger partial charge in [0.05, 0.1) is 18.2 Å². The van der Waals surface area contributed by atoms with Crippen LogP contribution in [0, 0.1) is 5.41 Å². The summed E-state index contributed by atoms with van der Waals surface area (Å²) in [6.45, 7) is 1.89. The van der Waals surface area contributed by atoms with Crippen LogP contribution in [0.4, 0.5) is 0 Å². The van der Waals surface area contributed by atoms with Gasteiger partial charge in [0.2, 0.25) is 5.91 Å². The highest BCUT2D eigenvalue weighted by Crippen LogP contribution is 2.44. The minimum absolute atomic E-state index is 0.0433. The number of aliphatic hydroxyl groups is 1. The zero-order chi connectivity index (χ0) is 17.2. The van der Waals surface area contributed by atoms with Crippen LogP contribution in [-0.4, -0.2) is 27.3 Å². The molecule has 1 unspecified atom stereocenters. The molecule has 0 aliphatic heterocycles. The SMILES string of the molecule is Cn1cc(C(C)(O)CNC(=O)C2(Cc3ccccc3)CCC2)cn1. The van der Waals surface area contributed by atoms with Gasteiger partial charge in [0.25, 0.3) is 0 Å². The number of hydrogen-bond acceptors (Lipinski definition) is 3. The van der Waals surface area contributed by atoms with Crippen LogP contribution in [0.15, 0.2) is 42.7 Å². The van der Waals surface area contributed by atoms with Gasteiger partial charge in [-0.2, -0.15) is 5.10 Å². The van der Waals surface area contributed by atoms with Crippen LogP contribution < -0.4 is 5.32 Å². The fourth-order valence-corrected chi connectivity index (χ4v) is 3.32. The van der Waals surface area contributed by atoms with Crippen molar-refractivity contribution in [2.75, 3.05) is 6.54 Å². The highest BCUT2D eigenvalue weighted by molar-refractivity contribution is 5.84. The summed E-state index contributed by atoms with van der Waals surface area (Å²) in [7, 11) is 1.81. The maximum absolute atomic E-state index is 12.8. The Hall–Kier alpha value is -2.14. The van der Waals surface area contributed by atoms with Crippen LogP contribution in [0.25, 0.3) is 0 Å². The van der Waals surface area contributed by atoms with E-state index in [1.54, 1.807) is 31.0 Å². The zero-order valence-electron chi connectivity index (χ0n) is 14.3. The quantitative estimate of drug-likeness (QED) is 0.854. The van der Waals surface area contributed by atoms with Gasteiger partial charge in [-0.3, -0.25) is 9.48 Å². The van der Waals surface area contributed by atoms with E-state index < -0.39 is 5.60 Å². The van der Waals surface area contributed by atoms with Gasteiger partial charge in [0.15, 0.2) is 0 Å². The van der Waals surface area contributed by atoms with E-state index in [2.05, 4.69) is 22.5 Å². The first-order valence-corrected chi connectivity index (χ1v) is 8.45. The molecular weight excluding hydrogens is 302 g/mol. The molecule has 0 bridgehead atoms. The molecule has 1 atom stereocenters. The molecule has 1 aliphatic carbocycles. The first-order chi connectivity index (χ1) is 11.4. The van der Waals surface area contributed by atoms with Crippen LogP contribution in [0.2, 0.25) is 0 Å². The lowest BCUT2D eigenvalue weighted by Crippen LogP contribution is -2.50. The Morgan fingerprint density at radius 2 is 2.08 bits per heavy atom. The molecule has 1 amide bonds. The molecular formula is C19H25N3O2. The van der Waals surface area contributed by atoms with Crippen molar-refractivity contribution in [2.24, 2.45) is 12.5 Å². The average molecular weight is 327 g/mol. The molecule has 2 aromatic rings. The highest BCUT2D eigenvalue weighted by atomic mass is 16.3. The molecule has 2 N–H and O–H groups in total. The summed E-state index contributed by atoms with van der Waals surface area (Å²) < 4.78 is 1.65. The largest absolute Gasteiger partial charge is 0.383 e. The summed E-state index contributed by atoms with van der Waals surface area (Å²) in [5.41, 5.74) is 0.441. The second kappa shape index (κ2) is 6.40. The molecule has 1 aromatic heterocycles. The predicted molar refractivity (Wildman–Crippen MR) is 92.2 cm³/mol. The molecule has 0 spiro atoms. The fourth-order valence-electron chi connectivity index (χ4n) is 3.32. The van der Waals surface area contributed by atoms with E-state index >= 15 is 0 Å². The number of benzene rings is 1. The number of nitrogens with zero attached hydrogens (tertiary/aromatic N) is 2. The van der Waals surface area contributed by atoms with E-state index in [-0.39, 0.29) is 17.9 Å². The van der Waals surface area contributed by atoms with Gasteiger partial charge in [-0.1, -0.05) is 36.8 Å². The summed E-state index contributed by atoms with van der Waals surface area (Å²) in [6, 6.07) is 10.1. The molecule has 1 heterocycles. The van der Waals surface area contributed by atoms with Gasteiger partial charge in [0, 0.05) is 18.8 Å². The Balaban J connectivity index is 1.65. The van der Waals surface area contributed by atoms with E-state index in [4.69, 9.17) is 0 Å². The number of rotatable bonds is 6. The topological polar surface area (TPSA) is 67.2 Å². The summed E-state index contributed by atoms with van der Waals surface area (Å²) in [6.07, 6.45) is 7.06. The van der Waals surface area contributed by atoms with Crippen LogP contribution in [-0.2, 0) is 23.9 Å². The van der Waals surface area contributed by atoms with Gasteiger partial charge in [-0.15, -0.1) is 0 Å². The van der Waals surface area contributed by atoms with Gasteiger partial charge in [0.1, 0.15) is 5.60 Å². The first kappa shape index (κ1) is 16.7. The molecule has 1 aliphatic rings. The second-order valence-electron chi connectivity index (χ2n) is 7.16. The van der Waals surface area contributed by atoms with Crippen molar-refractivity contribution < 1.29 is 9.90 Å². The Morgan fingerprint density at radius 1 is 1.38 bits per heavy atom. The number of carbonyl (C=O) groups is 1. The van der Waals surface area contributed by atoms with Crippen molar-refractivity contribution in [1.29, 1.82) is 0 Å². The molecule has 24 heavy (non-hydrogen) atoms. The van der Waals surface area contributed by atoms with Crippen LogP contribution in [0.1, 0.15) is 37.3 Å². The second-order valence-corrected chi connectivity index (χ2v) is 7.16. The van der Waals surface area contributed by atoms with Crippen molar-refractivity contribution in [2.45, 2.75) is 38.2 Å². The lowest BCUT2D eigenvalue weighted by atomic mass is 9.64. The molecule has 3 rings (SSSR count). The van der Waals surface area contributed by atoms with Gasteiger partial charge in [-0.25, -0.2) is 0 Å². The molecule has 1 fully saturated rings. The molecule has 5 nitrogen and oxygen atoms in total. The zero-order valence-corrected chi connectivity index (χ0v) is 14.3. The van der Waals surface area contributed by atoms with Gasteiger partial charge in [-0.05, 0) is 31.7 Å². The van der Waals surface area contributed by atoms with Gasteiger partial charge < -0.3 is 10.4 Å². The Labute approximate surface area is 142 Å². The lowest BCUT2D eigenvalue weighted by molar-refractivity contribution is -0.137. The van der Waals surface area contributed by atoms with Crippen molar-refractivity contribution in [3.63, 3.8) is 0 Å². The summed E-state index contributed by atoms with van der Waals surface area (Å²) in [5, 5.41) is 17.7. The van der Waals surface area contributed by atoms with E-state index in [0.29, 0.717) is 5.56 Å². The van der Waals surface area contributed by atoms with Crippen LogP contribution >= 0.6 is 0 Å². The Bertz CT molecular complexity index is 702. The third-order valence-corrected chi connectivity index (χ3v) is 5.10. The number of hydrogen-bond donors (Lipinski definition) is 2. The molecule has 5 heteroatoms. The Morgan fingerprint density at radius 3 is 2.62 bits per heavy atom. The van der Waals surface area contributed by atoms with Crippen molar-refractivity contribution in [3.8, 4) is 0 Å². The maximum atomic E-state index is 12.8. The van der Waals surface area contributed by atoms with Crippen LogP contribution in [0.3, 0.4) is 0 Å². The number of nitrogens with one attached hydrogen (secondary N) is 1. The molecule has 0 saturated heterocycles. The van der Waals surface area contributed by atoms with Crippen molar-refractivity contribution in [3.05, 3.63) is 53.9 Å². The molecule has 0 radical (unpaired) electrons. The number of aryl methyl sites for hydroxylation is 1. The number of amides is 1. The van der Waals surface area contributed by atoms with Crippen molar-refractivity contribution >= 4 is 5.91 Å². The summed E-state index contributed by atoms with van der Waals surface area (Å²) >= 11 is 0. The van der Waals surface area contributed by atoms with Crippen molar-refractivity contribution in [1.82, 2.24) is 15.1 Å². The number of aromatic nitrogens is 2. The molecule has 128 valence electrons. The predicted octanol–water partition coefficient (Wildman–Crippen LogP) is 2.16. The van der Waals surface area contributed by atoms with E-state index in [1.165, 1.54) is 5.56 Å². The average Bonchev–Trinajstić information content (AvgIpc) is 2.97. The van der Waals surface area contributed by atoms with E-state index in [1.807, 2.05) is 18.2 Å². The fraction of sp³-hybridized carbons (Fsp3) is 0.474. The highest BCUT2D eigenvalue weighted by Gasteiger charge is 2.44. The maximum Gasteiger partial charge on any atom is 0.226 e. The minimum atomic E-state index is -1.12. The number of carbonyl (C=O) groups excluding carboxylic acids is 1. The minimum Gasteiger partial charge on any atom is -0.383 e. The van der Waals surface area contributed by atoms with Crippen LogP contribution in [0.5, 0.6) is 0 Å². The smallest absolute Gasteiger partial charge is 0.226 e. The van der Waals surface area contributed by atoms with Gasteiger partial charge >= 0.3 is 0 Å². The Kier molecular flexibility index (Phi) is 4.45. The van der Waals surface area contributed by atoms with E-state index in [9.17, 15) is 9.90 Å². The molecule has 1 aromatic carbocycles. The normalized spacial score (nSPS) is 18.5. The summed E-state index contributed by atoms with van der Waals surface area (Å²) in [5.74, 6) is 0.0433. The third kappa shape index (κ3) is 3.36. The lowest BCUT2D eigenvalue weighted by Gasteiger charge is -2.41. The van der Waals surface area contributed by atoms with E-state index in [0.717, 1.165) is 25.7 Å². The first-order valence-electron chi connectivity index (χ1n) is 8.45. The summed E-state index contributed by atoms with van der Waals surface area (Å²) in [4.78, 5) is 12.8. The third-order valence-electron chi connectivity index (χ3n) is 5.10. The molecule has 1 saturated carbocycles.